The van der Waals surface area contributed by atoms with Crippen LogP contribution in [-0.4, -0.2) is 38.7 Å². The van der Waals surface area contributed by atoms with Crippen molar-refractivity contribution in [2.24, 2.45) is 5.92 Å². The minimum Gasteiger partial charge on any atom is -0.345 e. The number of nitrogens with one attached hydrogen (secondary N) is 1. The van der Waals surface area contributed by atoms with Crippen molar-refractivity contribution in [3.8, 4) is 0 Å². The number of rotatable bonds is 4. The average Bonchev–Trinajstić information content (AvgIpc) is 3.39. The van der Waals surface area contributed by atoms with E-state index < -0.39 is 9.84 Å². The topological polar surface area (TPSA) is 93.0 Å². The summed E-state index contributed by atoms with van der Waals surface area (Å²) in [5.41, 5.74) is 3.43. The van der Waals surface area contributed by atoms with E-state index in [1.807, 2.05) is 29.7 Å². The summed E-state index contributed by atoms with van der Waals surface area (Å²) in [6.45, 7) is 1.91. The maximum atomic E-state index is 12.8. The molecule has 0 spiro atoms. The second-order valence-electron chi connectivity index (χ2n) is 7.70. The number of aromatic amines is 1. The normalized spacial score (nSPS) is 20.3. The molecule has 5 rings (SSSR count). The summed E-state index contributed by atoms with van der Waals surface area (Å²) >= 11 is 0. The van der Waals surface area contributed by atoms with Gasteiger partial charge in [-0.1, -0.05) is 12.1 Å². The number of hydrogen-bond acceptors (Lipinski definition) is 5. The highest BCUT2D eigenvalue weighted by atomic mass is 32.2. The van der Waals surface area contributed by atoms with Gasteiger partial charge in [-0.2, -0.15) is 0 Å². The standard InChI is InChI=1S/C20H21N5O2S/c1-13-3-2-4-16(9-13)28(26,27)12-14-5-6-15(10-14)20-24-23-18-11-22-19-17(25(18)20)7-8-21-19/h2-4,7-9,11,14-15,21H,5-6,10,12H2,1H3/t14-,15+/m0/s1. The molecule has 1 N–H and O–H groups in total. The molecular weight excluding hydrogens is 374 g/mol. The third kappa shape index (κ3) is 2.88. The first kappa shape index (κ1) is 17.4. The van der Waals surface area contributed by atoms with Crippen LogP contribution >= 0.6 is 0 Å². The molecule has 7 nitrogen and oxygen atoms in total. The molecule has 3 heterocycles. The Kier molecular flexibility index (Phi) is 3.97. The predicted octanol–water partition coefficient (Wildman–Crippen LogP) is 3.27. The zero-order chi connectivity index (χ0) is 19.3. The fourth-order valence-electron chi connectivity index (χ4n) is 4.34. The molecule has 0 amide bonds. The number of benzene rings is 1. The van der Waals surface area contributed by atoms with Gasteiger partial charge in [-0.15, -0.1) is 10.2 Å². The van der Waals surface area contributed by atoms with Gasteiger partial charge in [0.1, 0.15) is 5.82 Å². The lowest BCUT2D eigenvalue weighted by molar-refractivity contribution is 0.549. The second kappa shape index (κ2) is 6.41. The number of aromatic nitrogens is 5. The van der Waals surface area contributed by atoms with Crippen molar-refractivity contribution in [2.45, 2.75) is 37.0 Å². The van der Waals surface area contributed by atoms with Crippen LogP contribution in [0, 0.1) is 12.8 Å². The van der Waals surface area contributed by atoms with Crippen molar-refractivity contribution in [3.63, 3.8) is 0 Å². The molecule has 1 aromatic carbocycles. The molecule has 0 radical (unpaired) electrons. The van der Waals surface area contributed by atoms with Gasteiger partial charge in [-0.3, -0.25) is 4.40 Å². The van der Waals surface area contributed by atoms with Gasteiger partial charge in [0.05, 0.1) is 22.4 Å². The molecule has 1 saturated carbocycles. The van der Waals surface area contributed by atoms with Crippen LogP contribution in [0.2, 0.25) is 0 Å². The second-order valence-corrected chi connectivity index (χ2v) is 9.73. The fraction of sp³-hybridized carbons (Fsp3) is 0.350. The highest BCUT2D eigenvalue weighted by molar-refractivity contribution is 7.91. The van der Waals surface area contributed by atoms with E-state index in [1.165, 1.54) is 0 Å². The van der Waals surface area contributed by atoms with Crippen LogP contribution in [0.15, 0.2) is 47.6 Å². The Morgan fingerprint density at radius 3 is 2.96 bits per heavy atom. The van der Waals surface area contributed by atoms with E-state index in [0.29, 0.717) is 4.90 Å². The number of aryl methyl sites for hydroxylation is 1. The predicted molar refractivity (Wildman–Crippen MR) is 106 cm³/mol. The molecule has 8 heteroatoms. The third-order valence-electron chi connectivity index (χ3n) is 5.68. The lowest BCUT2D eigenvalue weighted by atomic mass is 10.1. The average molecular weight is 395 g/mol. The quantitative estimate of drug-likeness (QED) is 0.572. The smallest absolute Gasteiger partial charge is 0.179 e. The molecule has 0 aliphatic heterocycles. The van der Waals surface area contributed by atoms with Gasteiger partial charge in [0.2, 0.25) is 0 Å². The Hall–Kier alpha value is -2.74. The largest absolute Gasteiger partial charge is 0.345 e. The molecule has 3 aromatic heterocycles. The minimum absolute atomic E-state index is 0.131. The van der Waals surface area contributed by atoms with Crippen molar-refractivity contribution in [3.05, 3.63) is 54.1 Å². The summed E-state index contributed by atoms with van der Waals surface area (Å²) in [5.74, 6) is 1.42. The van der Waals surface area contributed by atoms with Crippen molar-refractivity contribution in [2.75, 3.05) is 5.75 Å². The first-order valence-corrected chi connectivity index (χ1v) is 11.1. The monoisotopic (exact) mass is 395 g/mol. The van der Waals surface area contributed by atoms with Gasteiger partial charge in [0, 0.05) is 12.1 Å². The summed E-state index contributed by atoms with van der Waals surface area (Å²) in [6, 6.07) is 9.13. The summed E-state index contributed by atoms with van der Waals surface area (Å²) in [7, 11) is -3.28. The van der Waals surface area contributed by atoms with Crippen molar-refractivity contribution >= 4 is 26.6 Å². The van der Waals surface area contributed by atoms with Crippen LogP contribution in [0.5, 0.6) is 0 Å². The molecule has 1 aliphatic rings. The molecular formula is C20H21N5O2S. The summed E-state index contributed by atoms with van der Waals surface area (Å²) in [4.78, 5) is 7.89. The zero-order valence-corrected chi connectivity index (χ0v) is 16.4. The van der Waals surface area contributed by atoms with Crippen molar-refractivity contribution in [1.82, 2.24) is 24.6 Å². The summed E-state index contributed by atoms with van der Waals surface area (Å²) < 4.78 is 27.7. The lowest BCUT2D eigenvalue weighted by Crippen LogP contribution is -2.15. The van der Waals surface area contributed by atoms with Gasteiger partial charge in [0.15, 0.2) is 21.1 Å². The number of H-pyrrole nitrogens is 1. The third-order valence-corrected chi connectivity index (χ3v) is 7.56. The van der Waals surface area contributed by atoms with Crippen LogP contribution in [0.1, 0.15) is 36.6 Å². The van der Waals surface area contributed by atoms with E-state index in [4.69, 9.17) is 0 Å². The van der Waals surface area contributed by atoms with E-state index in [-0.39, 0.29) is 17.6 Å². The van der Waals surface area contributed by atoms with E-state index >= 15 is 0 Å². The van der Waals surface area contributed by atoms with Crippen LogP contribution in [0.4, 0.5) is 0 Å². The molecule has 1 aliphatic carbocycles. The Labute approximate surface area is 162 Å². The SMILES string of the molecule is Cc1cccc(S(=O)(=O)C[C@H]2CC[C@@H](c3nnc4cnc5[nH]ccc5n34)C2)c1. The molecule has 1 fully saturated rings. The Bertz CT molecular complexity index is 1270. The number of hydrogen-bond donors (Lipinski definition) is 1. The molecule has 4 aromatic rings. The summed E-state index contributed by atoms with van der Waals surface area (Å²) in [6.07, 6.45) is 6.17. The maximum Gasteiger partial charge on any atom is 0.179 e. The van der Waals surface area contributed by atoms with Crippen molar-refractivity contribution in [1.29, 1.82) is 0 Å². The highest BCUT2D eigenvalue weighted by Gasteiger charge is 2.33. The van der Waals surface area contributed by atoms with Gasteiger partial charge in [0.25, 0.3) is 0 Å². The maximum absolute atomic E-state index is 12.8. The van der Waals surface area contributed by atoms with E-state index in [0.717, 1.165) is 47.5 Å². The molecule has 28 heavy (non-hydrogen) atoms. The fourth-order valence-corrected chi connectivity index (χ4v) is 6.11. The lowest BCUT2D eigenvalue weighted by Gasteiger charge is -2.12. The number of fused-ring (bicyclic) bond motifs is 3. The van der Waals surface area contributed by atoms with Crippen molar-refractivity contribution < 1.29 is 8.42 Å². The van der Waals surface area contributed by atoms with Crippen LogP contribution in [0.25, 0.3) is 16.8 Å². The molecule has 2 atom stereocenters. The molecule has 144 valence electrons. The number of nitrogens with zero attached hydrogens (tertiary/aromatic N) is 4. The van der Waals surface area contributed by atoms with Crippen LogP contribution < -0.4 is 0 Å². The first-order valence-electron chi connectivity index (χ1n) is 9.48. The van der Waals surface area contributed by atoms with Gasteiger partial charge < -0.3 is 4.98 Å². The number of sulfone groups is 1. The molecule has 0 bridgehead atoms. The van der Waals surface area contributed by atoms with E-state index in [9.17, 15) is 8.42 Å². The van der Waals surface area contributed by atoms with Gasteiger partial charge in [-0.05, 0) is 55.9 Å². The Balaban J connectivity index is 1.41. The first-order chi connectivity index (χ1) is 13.5. The van der Waals surface area contributed by atoms with Gasteiger partial charge in [-0.25, -0.2) is 13.4 Å². The summed E-state index contributed by atoms with van der Waals surface area (Å²) in [5, 5.41) is 8.69. The molecule has 0 unspecified atom stereocenters. The highest BCUT2D eigenvalue weighted by Crippen LogP contribution is 2.39. The van der Waals surface area contributed by atoms with E-state index in [2.05, 4.69) is 20.2 Å². The minimum atomic E-state index is -3.28. The van der Waals surface area contributed by atoms with Crippen LogP contribution in [0.3, 0.4) is 0 Å². The van der Waals surface area contributed by atoms with E-state index in [1.54, 1.807) is 24.4 Å². The molecule has 0 saturated heterocycles. The Morgan fingerprint density at radius 2 is 2.11 bits per heavy atom. The zero-order valence-electron chi connectivity index (χ0n) is 15.5. The van der Waals surface area contributed by atoms with Gasteiger partial charge >= 0.3 is 0 Å². The Morgan fingerprint density at radius 1 is 1.21 bits per heavy atom. The van der Waals surface area contributed by atoms with Crippen LogP contribution in [-0.2, 0) is 9.84 Å².